The zero-order chi connectivity index (χ0) is 21.7. The van der Waals surface area contributed by atoms with Crippen LogP contribution in [0.25, 0.3) is 0 Å². The smallest absolute Gasteiger partial charge is 0.261 e. The Morgan fingerprint density at radius 2 is 1.73 bits per heavy atom. The van der Waals surface area contributed by atoms with Crippen molar-refractivity contribution in [2.45, 2.75) is 39.4 Å². The number of benzene rings is 2. The Kier molecular flexibility index (Phi) is 7.11. The maximum atomic E-state index is 13.0. The second-order valence-corrected chi connectivity index (χ2v) is 9.02. The first-order valence-corrected chi connectivity index (χ1v) is 10.6. The van der Waals surface area contributed by atoms with Crippen LogP contribution in [0, 0.1) is 0 Å². The van der Waals surface area contributed by atoms with Crippen LogP contribution in [0.2, 0.25) is 10.0 Å². The van der Waals surface area contributed by atoms with Crippen LogP contribution in [0.3, 0.4) is 0 Å². The number of nitrogens with zero attached hydrogens (tertiary/aromatic N) is 2. The lowest BCUT2D eigenvalue weighted by molar-refractivity contribution is -0.139. The fourth-order valence-corrected chi connectivity index (χ4v) is 3.53. The van der Waals surface area contributed by atoms with Gasteiger partial charge >= 0.3 is 0 Å². The normalized spacial score (nSPS) is 11.4. The number of amides is 1. The van der Waals surface area contributed by atoms with Crippen LogP contribution in [0.15, 0.2) is 66.9 Å². The number of halogens is 2. The first-order valence-electron chi connectivity index (χ1n) is 9.80. The Bertz CT molecular complexity index is 991. The van der Waals surface area contributed by atoms with Gasteiger partial charge < -0.3 is 14.2 Å². The maximum absolute atomic E-state index is 13.0. The van der Waals surface area contributed by atoms with Gasteiger partial charge in [-0.3, -0.25) is 4.79 Å². The number of carbonyl (C=O) groups is 1. The Hall–Kier alpha value is -2.43. The number of hydrogen-bond acceptors (Lipinski definition) is 2. The monoisotopic (exact) mass is 444 g/mol. The van der Waals surface area contributed by atoms with Crippen molar-refractivity contribution in [1.29, 1.82) is 0 Å². The van der Waals surface area contributed by atoms with Gasteiger partial charge in [-0.15, -0.1) is 0 Å². The summed E-state index contributed by atoms with van der Waals surface area (Å²) in [5.74, 6) is 0.541. The quantitative estimate of drug-likeness (QED) is 0.444. The van der Waals surface area contributed by atoms with E-state index in [-0.39, 0.29) is 18.1 Å². The molecular weight excluding hydrogens is 419 g/mol. The standard InChI is InChI=1S/C24H26Cl2N2O2/c1-24(2,3)28(23(29)17-30-22-11-9-19(25)10-12-22)16-21-8-5-13-27(21)15-18-6-4-7-20(26)14-18/h4-14H,15-17H2,1-3H3. The van der Waals surface area contributed by atoms with Crippen LogP contribution < -0.4 is 4.74 Å². The van der Waals surface area contributed by atoms with Crippen LogP contribution in [0.5, 0.6) is 5.75 Å². The summed E-state index contributed by atoms with van der Waals surface area (Å²) in [5.41, 5.74) is 1.80. The molecule has 0 unspecified atom stereocenters. The van der Waals surface area contributed by atoms with E-state index in [0.29, 0.717) is 28.9 Å². The molecule has 1 heterocycles. The van der Waals surface area contributed by atoms with E-state index in [9.17, 15) is 4.79 Å². The molecule has 0 radical (unpaired) electrons. The molecule has 0 spiro atoms. The van der Waals surface area contributed by atoms with Gasteiger partial charge in [0.25, 0.3) is 5.91 Å². The van der Waals surface area contributed by atoms with Crippen molar-refractivity contribution in [3.8, 4) is 5.75 Å². The lowest BCUT2D eigenvalue weighted by atomic mass is 10.1. The predicted octanol–water partition coefficient (Wildman–Crippen LogP) is 6.05. The van der Waals surface area contributed by atoms with E-state index >= 15 is 0 Å². The first kappa shape index (κ1) is 22.3. The molecule has 2 aromatic carbocycles. The zero-order valence-corrected chi connectivity index (χ0v) is 19.0. The summed E-state index contributed by atoms with van der Waals surface area (Å²) in [6, 6.07) is 18.8. The zero-order valence-electron chi connectivity index (χ0n) is 17.4. The lowest BCUT2D eigenvalue weighted by Gasteiger charge is -2.36. The summed E-state index contributed by atoms with van der Waals surface area (Å²) in [5, 5.41) is 1.34. The van der Waals surface area contributed by atoms with Gasteiger partial charge in [-0.2, -0.15) is 0 Å². The van der Waals surface area contributed by atoms with Crippen LogP contribution >= 0.6 is 23.2 Å². The molecule has 0 saturated carbocycles. The molecule has 0 atom stereocenters. The predicted molar refractivity (Wildman–Crippen MR) is 122 cm³/mol. The van der Waals surface area contributed by atoms with E-state index in [2.05, 4.69) is 4.57 Å². The first-order chi connectivity index (χ1) is 14.2. The highest BCUT2D eigenvalue weighted by Gasteiger charge is 2.27. The maximum Gasteiger partial charge on any atom is 0.261 e. The molecule has 6 heteroatoms. The van der Waals surface area contributed by atoms with Crippen LogP contribution in [-0.4, -0.2) is 27.5 Å². The molecule has 3 rings (SSSR count). The molecule has 0 aliphatic rings. The number of aromatic nitrogens is 1. The minimum absolute atomic E-state index is 0.0338. The Morgan fingerprint density at radius 3 is 2.40 bits per heavy atom. The summed E-state index contributed by atoms with van der Waals surface area (Å²) in [6.07, 6.45) is 2.02. The lowest BCUT2D eigenvalue weighted by Crippen LogP contribution is -2.47. The molecule has 0 aliphatic carbocycles. The van der Waals surface area contributed by atoms with Gasteiger partial charge in [0, 0.05) is 34.0 Å². The van der Waals surface area contributed by atoms with Crippen molar-refractivity contribution in [3.63, 3.8) is 0 Å². The Balaban J connectivity index is 1.71. The molecule has 30 heavy (non-hydrogen) atoms. The SMILES string of the molecule is CC(C)(C)N(Cc1cccn1Cc1cccc(Cl)c1)C(=O)COc1ccc(Cl)cc1. The second kappa shape index (κ2) is 9.59. The fraction of sp³-hybridized carbons (Fsp3) is 0.292. The summed E-state index contributed by atoms with van der Waals surface area (Å²) in [4.78, 5) is 14.9. The molecule has 1 aromatic heterocycles. The summed E-state index contributed by atoms with van der Waals surface area (Å²) in [6.45, 7) is 7.22. The summed E-state index contributed by atoms with van der Waals surface area (Å²) >= 11 is 12.0. The fourth-order valence-electron chi connectivity index (χ4n) is 3.19. The van der Waals surface area contributed by atoms with E-state index in [1.165, 1.54) is 0 Å². The summed E-state index contributed by atoms with van der Waals surface area (Å²) < 4.78 is 7.82. The van der Waals surface area contributed by atoms with Crippen molar-refractivity contribution in [3.05, 3.63) is 88.2 Å². The van der Waals surface area contributed by atoms with E-state index in [0.717, 1.165) is 11.3 Å². The highest BCUT2D eigenvalue weighted by atomic mass is 35.5. The van der Waals surface area contributed by atoms with Gasteiger partial charge in [-0.1, -0.05) is 35.3 Å². The summed E-state index contributed by atoms with van der Waals surface area (Å²) in [7, 11) is 0. The van der Waals surface area contributed by atoms with E-state index in [1.54, 1.807) is 24.3 Å². The Morgan fingerprint density at radius 1 is 1.00 bits per heavy atom. The van der Waals surface area contributed by atoms with Crippen LogP contribution in [0.4, 0.5) is 0 Å². The third kappa shape index (κ3) is 6.04. The number of carbonyl (C=O) groups excluding carboxylic acids is 1. The van der Waals surface area contributed by atoms with Gasteiger partial charge in [0.15, 0.2) is 6.61 Å². The topological polar surface area (TPSA) is 34.5 Å². The van der Waals surface area contributed by atoms with Gasteiger partial charge in [0.1, 0.15) is 5.75 Å². The second-order valence-electron chi connectivity index (χ2n) is 8.15. The molecule has 3 aromatic rings. The minimum Gasteiger partial charge on any atom is -0.484 e. The third-order valence-electron chi connectivity index (χ3n) is 4.77. The minimum atomic E-state index is -0.356. The van der Waals surface area contributed by atoms with E-state index in [4.69, 9.17) is 27.9 Å². The molecule has 0 aliphatic heterocycles. The molecule has 158 valence electrons. The van der Waals surface area contributed by atoms with Gasteiger partial charge in [0.05, 0.1) is 6.54 Å². The number of hydrogen-bond donors (Lipinski definition) is 0. The number of ether oxygens (including phenoxy) is 1. The molecule has 0 fully saturated rings. The van der Waals surface area contributed by atoms with Crippen molar-refractivity contribution in [2.75, 3.05) is 6.61 Å². The van der Waals surface area contributed by atoms with Crippen molar-refractivity contribution in [1.82, 2.24) is 9.47 Å². The molecule has 4 nitrogen and oxygen atoms in total. The van der Waals surface area contributed by atoms with E-state index < -0.39 is 0 Å². The van der Waals surface area contributed by atoms with Crippen molar-refractivity contribution in [2.24, 2.45) is 0 Å². The highest BCUT2D eigenvalue weighted by Crippen LogP contribution is 2.21. The van der Waals surface area contributed by atoms with Crippen molar-refractivity contribution >= 4 is 29.1 Å². The number of rotatable bonds is 7. The Labute approximate surface area is 188 Å². The highest BCUT2D eigenvalue weighted by molar-refractivity contribution is 6.30. The van der Waals surface area contributed by atoms with Crippen LogP contribution in [-0.2, 0) is 17.9 Å². The van der Waals surface area contributed by atoms with Crippen molar-refractivity contribution < 1.29 is 9.53 Å². The average Bonchev–Trinajstić information content (AvgIpc) is 3.11. The van der Waals surface area contributed by atoms with Gasteiger partial charge in [-0.25, -0.2) is 0 Å². The van der Waals surface area contributed by atoms with Gasteiger partial charge in [0.2, 0.25) is 0 Å². The van der Waals surface area contributed by atoms with Crippen LogP contribution in [0.1, 0.15) is 32.0 Å². The largest absolute Gasteiger partial charge is 0.484 e. The third-order valence-corrected chi connectivity index (χ3v) is 5.26. The molecule has 0 N–H and O–H groups in total. The molecule has 1 amide bonds. The van der Waals surface area contributed by atoms with Gasteiger partial charge in [-0.05, 0) is 74.9 Å². The average molecular weight is 445 g/mol. The molecule has 0 bridgehead atoms. The molecular formula is C24H26Cl2N2O2. The molecule has 0 saturated heterocycles. The van der Waals surface area contributed by atoms with E-state index in [1.807, 2.05) is 68.3 Å².